The molecular weight excluding hydrogens is 520 g/mol. The van der Waals surface area contributed by atoms with Crippen LogP contribution in [0.5, 0.6) is 5.75 Å². The zero-order chi connectivity index (χ0) is 26.9. The Morgan fingerprint density at radius 1 is 0.947 bits per heavy atom. The van der Waals surface area contributed by atoms with Crippen molar-refractivity contribution in [3.05, 3.63) is 88.9 Å². The summed E-state index contributed by atoms with van der Waals surface area (Å²) in [7, 11) is 0. The SMILES string of the molecule is CCCCOc1cccc(C(=O)NC(=S)Nc2ccccc2N2CCN(C(=O)c3ccc(Cl)cc3)CC2)c1. The Bertz CT molecular complexity index is 1280. The molecular formula is C29H31ClN4O3S. The number of benzene rings is 3. The van der Waals surface area contributed by atoms with E-state index in [1.165, 1.54) is 0 Å². The number of unbranched alkanes of at least 4 members (excludes halogenated alkanes) is 1. The maximum absolute atomic E-state index is 12.9. The number of thiocarbonyl (C=S) groups is 1. The summed E-state index contributed by atoms with van der Waals surface area (Å²) in [4.78, 5) is 29.7. The van der Waals surface area contributed by atoms with Crippen molar-refractivity contribution in [2.45, 2.75) is 19.8 Å². The Labute approximate surface area is 233 Å². The van der Waals surface area contributed by atoms with E-state index in [9.17, 15) is 9.59 Å². The summed E-state index contributed by atoms with van der Waals surface area (Å²) in [6, 6.07) is 21.8. The van der Waals surface area contributed by atoms with E-state index in [0.717, 1.165) is 24.2 Å². The highest BCUT2D eigenvalue weighted by Gasteiger charge is 2.24. The molecule has 4 rings (SSSR count). The van der Waals surface area contributed by atoms with Crippen molar-refractivity contribution in [3.8, 4) is 5.75 Å². The molecule has 38 heavy (non-hydrogen) atoms. The number of para-hydroxylation sites is 2. The highest BCUT2D eigenvalue weighted by molar-refractivity contribution is 7.80. The largest absolute Gasteiger partial charge is 0.494 e. The summed E-state index contributed by atoms with van der Waals surface area (Å²) in [5, 5.41) is 6.73. The number of carbonyl (C=O) groups is 2. The predicted octanol–water partition coefficient (Wildman–Crippen LogP) is 5.61. The number of anilines is 2. The molecule has 7 nitrogen and oxygen atoms in total. The summed E-state index contributed by atoms with van der Waals surface area (Å²) in [6.45, 7) is 5.23. The number of nitrogens with zero attached hydrogens (tertiary/aromatic N) is 2. The highest BCUT2D eigenvalue weighted by Crippen LogP contribution is 2.27. The van der Waals surface area contributed by atoms with Gasteiger partial charge in [-0.1, -0.05) is 43.1 Å². The van der Waals surface area contributed by atoms with E-state index in [2.05, 4.69) is 22.5 Å². The fourth-order valence-electron chi connectivity index (χ4n) is 4.17. The quantitative estimate of drug-likeness (QED) is 0.281. The molecule has 0 radical (unpaired) electrons. The molecule has 1 aliphatic heterocycles. The lowest BCUT2D eigenvalue weighted by Crippen LogP contribution is -2.49. The van der Waals surface area contributed by atoms with E-state index in [1.807, 2.05) is 35.2 Å². The first-order valence-electron chi connectivity index (χ1n) is 12.7. The smallest absolute Gasteiger partial charge is 0.257 e. The lowest BCUT2D eigenvalue weighted by atomic mass is 10.1. The lowest BCUT2D eigenvalue weighted by Gasteiger charge is -2.37. The molecule has 9 heteroatoms. The van der Waals surface area contributed by atoms with Crippen molar-refractivity contribution >= 4 is 52.1 Å². The molecule has 1 fully saturated rings. The number of nitrogens with one attached hydrogen (secondary N) is 2. The summed E-state index contributed by atoms with van der Waals surface area (Å²) in [6.07, 6.45) is 2.00. The third kappa shape index (κ3) is 7.24. The second-order valence-corrected chi connectivity index (χ2v) is 9.79. The van der Waals surface area contributed by atoms with Gasteiger partial charge in [0.05, 0.1) is 18.0 Å². The minimum absolute atomic E-state index is 0.00329. The van der Waals surface area contributed by atoms with Crippen LogP contribution in [-0.2, 0) is 0 Å². The van der Waals surface area contributed by atoms with Gasteiger partial charge in [-0.05, 0) is 73.2 Å². The zero-order valence-electron chi connectivity index (χ0n) is 21.3. The van der Waals surface area contributed by atoms with E-state index < -0.39 is 0 Å². The summed E-state index contributed by atoms with van der Waals surface area (Å²) < 4.78 is 5.71. The van der Waals surface area contributed by atoms with Gasteiger partial charge in [-0.3, -0.25) is 14.9 Å². The number of rotatable bonds is 8. The number of ether oxygens (including phenoxy) is 1. The number of halogens is 1. The van der Waals surface area contributed by atoms with Crippen LogP contribution in [0.25, 0.3) is 0 Å². The fraction of sp³-hybridized carbons (Fsp3) is 0.276. The third-order valence-corrected chi connectivity index (χ3v) is 6.70. The summed E-state index contributed by atoms with van der Waals surface area (Å²) in [5.74, 6) is 0.343. The maximum Gasteiger partial charge on any atom is 0.257 e. The van der Waals surface area contributed by atoms with Crippen LogP contribution in [0.4, 0.5) is 11.4 Å². The second kappa shape index (κ2) is 13.3. The minimum Gasteiger partial charge on any atom is -0.494 e. The lowest BCUT2D eigenvalue weighted by molar-refractivity contribution is 0.0746. The molecule has 2 N–H and O–H groups in total. The van der Waals surface area contributed by atoms with Gasteiger partial charge in [-0.2, -0.15) is 0 Å². The Hall–Kier alpha value is -3.62. The van der Waals surface area contributed by atoms with Gasteiger partial charge in [0.2, 0.25) is 0 Å². The van der Waals surface area contributed by atoms with Crippen molar-refractivity contribution in [2.24, 2.45) is 0 Å². The number of hydrogen-bond acceptors (Lipinski definition) is 5. The van der Waals surface area contributed by atoms with Crippen LogP contribution in [0, 0.1) is 0 Å². The van der Waals surface area contributed by atoms with Crippen molar-refractivity contribution in [1.82, 2.24) is 10.2 Å². The molecule has 3 aromatic rings. The average molecular weight is 551 g/mol. The first-order chi connectivity index (χ1) is 18.4. The normalized spacial score (nSPS) is 13.1. The van der Waals surface area contributed by atoms with Gasteiger partial charge in [-0.15, -0.1) is 0 Å². The molecule has 0 unspecified atom stereocenters. The molecule has 1 heterocycles. The van der Waals surface area contributed by atoms with E-state index in [4.69, 9.17) is 28.6 Å². The van der Waals surface area contributed by atoms with Gasteiger partial charge in [0.25, 0.3) is 11.8 Å². The van der Waals surface area contributed by atoms with Gasteiger partial charge >= 0.3 is 0 Å². The fourth-order valence-corrected chi connectivity index (χ4v) is 4.50. The van der Waals surface area contributed by atoms with Gasteiger partial charge in [0.15, 0.2) is 5.11 Å². The Kier molecular flexibility index (Phi) is 9.56. The topological polar surface area (TPSA) is 73.9 Å². The summed E-state index contributed by atoms with van der Waals surface area (Å²) in [5.41, 5.74) is 2.84. The molecule has 1 saturated heterocycles. The summed E-state index contributed by atoms with van der Waals surface area (Å²) >= 11 is 11.4. The van der Waals surface area contributed by atoms with Crippen molar-refractivity contribution in [1.29, 1.82) is 0 Å². The molecule has 0 saturated carbocycles. The average Bonchev–Trinajstić information content (AvgIpc) is 2.94. The standard InChI is InChI=1S/C29H31ClN4O3S/c1-2-3-19-37-24-8-6-7-22(20-24)27(35)32-29(38)31-25-9-4-5-10-26(25)33-15-17-34(18-16-33)28(36)21-11-13-23(30)14-12-21/h4-14,20H,2-3,15-19H2,1H3,(H2,31,32,35,38). The van der Waals surface area contributed by atoms with Crippen LogP contribution >= 0.6 is 23.8 Å². The number of amides is 2. The molecule has 0 spiro atoms. The third-order valence-electron chi connectivity index (χ3n) is 6.24. The van der Waals surface area contributed by atoms with Gasteiger partial charge in [0.1, 0.15) is 5.75 Å². The van der Waals surface area contributed by atoms with Crippen LogP contribution in [0.3, 0.4) is 0 Å². The molecule has 2 amide bonds. The van der Waals surface area contributed by atoms with Crippen molar-refractivity contribution in [3.63, 3.8) is 0 Å². The Morgan fingerprint density at radius 2 is 1.68 bits per heavy atom. The van der Waals surface area contributed by atoms with Gasteiger partial charge in [0, 0.05) is 42.3 Å². The maximum atomic E-state index is 12.9. The first kappa shape index (κ1) is 27.4. The van der Waals surface area contributed by atoms with Crippen molar-refractivity contribution < 1.29 is 14.3 Å². The van der Waals surface area contributed by atoms with Crippen LogP contribution in [-0.4, -0.2) is 54.6 Å². The highest BCUT2D eigenvalue weighted by atomic mass is 35.5. The molecule has 0 aromatic heterocycles. The Morgan fingerprint density at radius 3 is 2.42 bits per heavy atom. The molecule has 0 aliphatic carbocycles. The molecule has 198 valence electrons. The predicted molar refractivity (Wildman–Crippen MR) is 157 cm³/mol. The minimum atomic E-state index is -0.310. The number of piperazine rings is 1. The first-order valence-corrected chi connectivity index (χ1v) is 13.5. The molecule has 0 atom stereocenters. The van der Waals surface area contributed by atoms with Gasteiger partial charge < -0.3 is 19.9 Å². The number of carbonyl (C=O) groups excluding carboxylic acids is 2. The van der Waals surface area contributed by atoms with Crippen LogP contribution in [0.2, 0.25) is 5.02 Å². The monoisotopic (exact) mass is 550 g/mol. The van der Waals surface area contributed by atoms with Gasteiger partial charge in [-0.25, -0.2) is 0 Å². The van der Waals surface area contributed by atoms with E-state index in [1.54, 1.807) is 42.5 Å². The number of hydrogen-bond donors (Lipinski definition) is 2. The Balaban J connectivity index is 1.34. The van der Waals surface area contributed by atoms with E-state index in [0.29, 0.717) is 54.7 Å². The van der Waals surface area contributed by atoms with Crippen molar-refractivity contribution in [2.75, 3.05) is 43.0 Å². The van der Waals surface area contributed by atoms with E-state index in [-0.39, 0.29) is 16.9 Å². The molecule has 0 bridgehead atoms. The molecule has 1 aliphatic rings. The molecule has 3 aromatic carbocycles. The zero-order valence-corrected chi connectivity index (χ0v) is 22.9. The van der Waals surface area contributed by atoms with E-state index >= 15 is 0 Å². The van der Waals surface area contributed by atoms with Crippen LogP contribution < -0.4 is 20.3 Å². The van der Waals surface area contributed by atoms with Crippen LogP contribution in [0.15, 0.2) is 72.8 Å². The second-order valence-electron chi connectivity index (χ2n) is 8.94. The van der Waals surface area contributed by atoms with Crippen LogP contribution in [0.1, 0.15) is 40.5 Å².